The zero-order chi connectivity index (χ0) is 14.1. The third kappa shape index (κ3) is 6.40. The summed E-state index contributed by atoms with van der Waals surface area (Å²) in [6.45, 7) is 4.70. The minimum absolute atomic E-state index is 0.416. The van der Waals surface area contributed by atoms with Gasteiger partial charge < -0.3 is 4.74 Å². The Kier molecular flexibility index (Phi) is 7.20. The molecule has 1 aromatic carbocycles. The highest BCUT2D eigenvalue weighted by Gasteiger charge is 2.06. The Morgan fingerprint density at radius 1 is 1.37 bits per heavy atom. The number of ether oxygens (including phenoxy) is 1. The van der Waals surface area contributed by atoms with Crippen LogP contribution in [0.15, 0.2) is 24.3 Å². The normalized spacial score (nSPS) is 13.5. The summed E-state index contributed by atoms with van der Waals surface area (Å²) in [5.74, 6) is 2.60. The largest absolute Gasteiger partial charge is 0.493 e. The van der Waals surface area contributed by atoms with Gasteiger partial charge in [-0.05, 0) is 23.6 Å². The zero-order valence-electron chi connectivity index (χ0n) is 11.6. The highest BCUT2D eigenvalue weighted by Crippen LogP contribution is 2.12. The monoisotopic (exact) mass is 279 g/mol. The topological polar surface area (TPSA) is 50.1 Å². The van der Waals surface area contributed by atoms with E-state index in [0.717, 1.165) is 23.5 Å². The minimum Gasteiger partial charge on any atom is -0.493 e. The summed E-state index contributed by atoms with van der Waals surface area (Å²) in [5, 5.41) is 8.57. The van der Waals surface area contributed by atoms with Crippen LogP contribution >= 0.6 is 0 Å². The molecule has 0 spiro atoms. The molecule has 3 nitrogen and oxygen atoms in total. The number of rotatable bonds is 8. The van der Waals surface area contributed by atoms with Crippen LogP contribution in [0, 0.1) is 17.2 Å². The van der Waals surface area contributed by atoms with Crippen LogP contribution in [0.2, 0.25) is 0 Å². The summed E-state index contributed by atoms with van der Waals surface area (Å²) in [7, 11) is -0.799. The van der Waals surface area contributed by atoms with Crippen LogP contribution in [0.3, 0.4) is 0 Å². The van der Waals surface area contributed by atoms with E-state index in [4.69, 9.17) is 10.00 Å². The van der Waals surface area contributed by atoms with E-state index in [1.165, 1.54) is 0 Å². The number of benzene rings is 1. The zero-order valence-corrected chi connectivity index (χ0v) is 12.4. The molecule has 0 radical (unpaired) electrons. The quantitative estimate of drug-likeness (QED) is 0.735. The van der Waals surface area contributed by atoms with Gasteiger partial charge in [0.1, 0.15) is 5.75 Å². The van der Waals surface area contributed by atoms with Crippen LogP contribution in [0.5, 0.6) is 5.75 Å². The van der Waals surface area contributed by atoms with Gasteiger partial charge in [-0.25, -0.2) is 0 Å². The van der Waals surface area contributed by atoms with Gasteiger partial charge in [-0.2, -0.15) is 5.26 Å². The Labute approximate surface area is 118 Å². The Morgan fingerprint density at radius 2 is 2.05 bits per heavy atom. The Balaban J connectivity index is 2.29. The Morgan fingerprint density at radius 3 is 2.63 bits per heavy atom. The van der Waals surface area contributed by atoms with E-state index in [0.29, 0.717) is 24.7 Å². The SMILES string of the molecule is CCC(C)CS(=O)CCOc1ccc(CC#N)cc1. The third-order valence-corrected chi connectivity index (χ3v) is 4.52. The number of nitriles is 1. The first-order valence-corrected chi connectivity index (χ1v) is 8.08. The average Bonchev–Trinajstić information content (AvgIpc) is 2.41. The fraction of sp³-hybridized carbons (Fsp3) is 0.533. The maximum absolute atomic E-state index is 11.7. The fourth-order valence-corrected chi connectivity index (χ4v) is 2.87. The molecule has 0 saturated carbocycles. The summed E-state index contributed by atoms with van der Waals surface area (Å²) in [5.41, 5.74) is 0.982. The lowest BCUT2D eigenvalue weighted by atomic mass is 10.2. The molecule has 0 aromatic heterocycles. The lowest BCUT2D eigenvalue weighted by Gasteiger charge is -2.09. The van der Waals surface area contributed by atoms with Crippen molar-refractivity contribution in [1.29, 1.82) is 5.26 Å². The lowest BCUT2D eigenvalue weighted by Crippen LogP contribution is -2.15. The Bertz CT molecular complexity index is 436. The molecule has 2 atom stereocenters. The van der Waals surface area contributed by atoms with Crippen molar-refractivity contribution in [3.8, 4) is 11.8 Å². The van der Waals surface area contributed by atoms with Crippen LogP contribution in [-0.2, 0) is 17.2 Å². The molecule has 0 saturated heterocycles. The van der Waals surface area contributed by atoms with Gasteiger partial charge in [0.25, 0.3) is 0 Å². The number of hydrogen-bond donors (Lipinski definition) is 0. The van der Waals surface area contributed by atoms with Crippen molar-refractivity contribution in [3.05, 3.63) is 29.8 Å². The van der Waals surface area contributed by atoms with E-state index in [1.54, 1.807) is 0 Å². The van der Waals surface area contributed by atoms with Crippen molar-refractivity contribution in [2.75, 3.05) is 18.1 Å². The number of nitrogens with zero attached hydrogens (tertiary/aromatic N) is 1. The van der Waals surface area contributed by atoms with Crippen LogP contribution in [0.4, 0.5) is 0 Å². The van der Waals surface area contributed by atoms with Gasteiger partial charge in [-0.1, -0.05) is 32.4 Å². The summed E-state index contributed by atoms with van der Waals surface area (Å²) >= 11 is 0. The second kappa shape index (κ2) is 8.71. The third-order valence-electron chi connectivity index (χ3n) is 2.95. The number of hydrogen-bond acceptors (Lipinski definition) is 3. The molecule has 0 N–H and O–H groups in total. The van der Waals surface area contributed by atoms with Crippen molar-refractivity contribution >= 4 is 10.8 Å². The molecule has 19 heavy (non-hydrogen) atoms. The smallest absolute Gasteiger partial charge is 0.119 e. The van der Waals surface area contributed by atoms with Gasteiger partial charge >= 0.3 is 0 Å². The molecule has 0 aliphatic carbocycles. The van der Waals surface area contributed by atoms with Crippen LogP contribution in [0.1, 0.15) is 25.8 Å². The van der Waals surface area contributed by atoms with Crippen LogP contribution in [0.25, 0.3) is 0 Å². The molecule has 0 fully saturated rings. The predicted molar refractivity (Wildman–Crippen MR) is 78.6 cm³/mol. The maximum atomic E-state index is 11.7. The predicted octanol–water partition coefficient (Wildman–Crippen LogP) is 2.93. The van der Waals surface area contributed by atoms with Gasteiger partial charge in [0, 0.05) is 16.6 Å². The maximum Gasteiger partial charge on any atom is 0.119 e. The van der Waals surface area contributed by atoms with Gasteiger partial charge in [0.05, 0.1) is 24.8 Å². The van der Waals surface area contributed by atoms with Gasteiger partial charge in [0.2, 0.25) is 0 Å². The molecule has 0 bridgehead atoms. The van der Waals surface area contributed by atoms with Gasteiger partial charge in [-0.15, -0.1) is 0 Å². The first-order valence-electron chi connectivity index (χ1n) is 6.59. The van der Waals surface area contributed by atoms with Crippen molar-refractivity contribution in [1.82, 2.24) is 0 Å². The molecule has 0 aliphatic rings. The summed E-state index contributed by atoms with van der Waals surface area (Å²) < 4.78 is 17.3. The molecule has 4 heteroatoms. The second-order valence-electron chi connectivity index (χ2n) is 4.65. The van der Waals surface area contributed by atoms with Crippen molar-refractivity contribution < 1.29 is 8.95 Å². The molecular formula is C15H21NO2S. The molecule has 0 heterocycles. The van der Waals surface area contributed by atoms with Crippen molar-refractivity contribution in [2.45, 2.75) is 26.7 Å². The van der Waals surface area contributed by atoms with Crippen molar-refractivity contribution in [3.63, 3.8) is 0 Å². The van der Waals surface area contributed by atoms with Crippen LogP contribution < -0.4 is 4.74 Å². The summed E-state index contributed by atoms with van der Waals surface area (Å²) in [6.07, 6.45) is 1.48. The first-order chi connectivity index (χ1) is 9.15. The van der Waals surface area contributed by atoms with E-state index in [2.05, 4.69) is 19.9 Å². The highest BCUT2D eigenvalue weighted by atomic mass is 32.2. The standard InChI is InChI=1S/C15H21NO2S/c1-3-13(2)12-19(17)11-10-18-15-6-4-14(5-7-15)8-9-16/h4-7,13H,3,8,10-12H2,1-2H3. The van der Waals surface area contributed by atoms with Crippen LogP contribution in [-0.4, -0.2) is 22.3 Å². The lowest BCUT2D eigenvalue weighted by molar-refractivity contribution is 0.342. The minimum atomic E-state index is -0.799. The van der Waals surface area contributed by atoms with E-state index in [9.17, 15) is 4.21 Å². The molecule has 2 unspecified atom stereocenters. The average molecular weight is 279 g/mol. The summed E-state index contributed by atoms with van der Waals surface area (Å²) in [6, 6.07) is 9.57. The molecular weight excluding hydrogens is 258 g/mol. The Hall–Kier alpha value is -1.34. The fourth-order valence-electron chi connectivity index (χ4n) is 1.57. The molecule has 0 aliphatic heterocycles. The van der Waals surface area contributed by atoms with E-state index in [1.807, 2.05) is 24.3 Å². The molecule has 104 valence electrons. The molecule has 1 aromatic rings. The second-order valence-corrected chi connectivity index (χ2v) is 6.27. The van der Waals surface area contributed by atoms with E-state index >= 15 is 0 Å². The molecule has 0 amide bonds. The van der Waals surface area contributed by atoms with Gasteiger partial charge in [-0.3, -0.25) is 4.21 Å². The first kappa shape index (κ1) is 15.7. The highest BCUT2D eigenvalue weighted by molar-refractivity contribution is 7.85. The van der Waals surface area contributed by atoms with Crippen molar-refractivity contribution in [2.24, 2.45) is 5.92 Å². The van der Waals surface area contributed by atoms with Gasteiger partial charge in [0.15, 0.2) is 0 Å². The van der Waals surface area contributed by atoms with E-state index < -0.39 is 10.8 Å². The molecule has 1 rings (SSSR count). The summed E-state index contributed by atoms with van der Waals surface area (Å²) in [4.78, 5) is 0. The van der Waals surface area contributed by atoms with E-state index in [-0.39, 0.29) is 0 Å².